The van der Waals surface area contributed by atoms with Crippen molar-refractivity contribution in [2.24, 2.45) is 0 Å². The summed E-state index contributed by atoms with van der Waals surface area (Å²) in [4.78, 5) is 0. The molecule has 2 heterocycles. The normalized spacial score (nSPS) is 31.8. The molecule has 2 aliphatic rings. The van der Waals surface area contributed by atoms with Gasteiger partial charge in [0.1, 0.15) is 0 Å². The fourth-order valence-electron chi connectivity index (χ4n) is 2.34. The van der Waals surface area contributed by atoms with Crippen LogP contribution < -0.4 is 5.32 Å². The predicted molar refractivity (Wildman–Crippen MR) is 69.0 cm³/mol. The number of hydrogen-bond donors (Lipinski definition) is 1. The third-order valence-electron chi connectivity index (χ3n) is 3.31. The third-order valence-corrected chi connectivity index (χ3v) is 5.72. The van der Waals surface area contributed by atoms with Gasteiger partial charge in [-0.05, 0) is 19.8 Å². The first-order chi connectivity index (χ1) is 7.62. The van der Waals surface area contributed by atoms with Crippen molar-refractivity contribution >= 4 is 22.4 Å². The van der Waals surface area contributed by atoms with Gasteiger partial charge < -0.3 is 10.1 Å². The number of ether oxygens (including phenoxy) is 1. The lowest BCUT2D eigenvalue weighted by molar-refractivity contribution is 0.0965. The first-order valence-electron chi connectivity index (χ1n) is 5.91. The average molecular weight is 285 g/mol. The highest BCUT2D eigenvalue weighted by atomic mass is 35.5. The number of rotatable bonds is 2. The van der Waals surface area contributed by atoms with E-state index in [0.29, 0.717) is 19.8 Å². The molecule has 7 heteroatoms. The topological polar surface area (TPSA) is 58.6 Å². The van der Waals surface area contributed by atoms with E-state index in [1.54, 1.807) is 4.31 Å². The van der Waals surface area contributed by atoms with Crippen LogP contribution in [0.1, 0.15) is 19.8 Å². The summed E-state index contributed by atoms with van der Waals surface area (Å²) >= 11 is 0. The Labute approximate surface area is 109 Å². The van der Waals surface area contributed by atoms with Crippen molar-refractivity contribution in [1.82, 2.24) is 9.62 Å². The molecule has 2 saturated heterocycles. The van der Waals surface area contributed by atoms with E-state index in [1.807, 2.05) is 6.92 Å². The highest BCUT2D eigenvalue weighted by molar-refractivity contribution is 7.89. The van der Waals surface area contributed by atoms with E-state index in [9.17, 15) is 8.42 Å². The summed E-state index contributed by atoms with van der Waals surface area (Å²) in [7, 11) is -3.17. The molecule has 0 aromatic carbocycles. The van der Waals surface area contributed by atoms with Gasteiger partial charge in [-0.3, -0.25) is 0 Å². The lowest BCUT2D eigenvalue weighted by Crippen LogP contribution is -2.55. The molecular formula is C10H21ClN2O3S. The molecule has 2 fully saturated rings. The Bertz CT molecular complexity index is 330. The van der Waals surface area contributed by atoms with Crippen molar-refractivity contribution in [3.05, 3.63) is 0 Å². The highest BCUT2D eigenvalue weighted by Crippen LogP contribution is 2.21. The standard InChI is InChI=1S/C10H20N2O3S.ClH/c1-9-7-11-4-5-12(9)16(13,14)10-3-2-6-15-8-10;/h9-11H,2-8H2,1H3;1H. The van der Waals surface area contributed by atoms with Crippen LogP contribution in [0.4, 0.5) is 0 Å². The monoisotopic (exact) mass is 284 g/mol. The molecule has 0 aliphatic carbocycles. The van der Waals surface area contributed by atoms with E-state index < -0.39 is 10.0 Å². The minimum Gasteiger partial charge on any atom is -0.380 e. The number of nitrogens with one attached hydrogen (secondary N) is 1. The average Bonchev–Trinajstić information content (AvgIpc) is 2.30. The lowest BCUT2D eigenvalue weighted by atomic mass is 10.2. The Morgan fingerprint density at radius 1 is 1.41 bits per heavy atom. The second-order valence-electron chi connectivity index (χ2n) is 4.55. The molecule has 0 aromatic heterocycles. The van der Waals surface area contributed by atoms with Crippen LogP contribution in [0.3, 0.4) is 0 Å². The van der Waals surface area contributed by atoms with Crippen molar-refractivity contribution in [2.75, 3.05) is 32.8 Å². The molecule has 0 radical (unpaired) electrons. The minimum absolute atomic E-state index is 0. The molecule has 102 valence electrons. The second-order valence-corrected chi connectivity index (χ2v) is 6.71. The van der Waals surface area contributed by atoms with E-state index in [4.69, 9.17) is 4.74 Å². The molecule has 2 aliphatic heterocycles. The van der Waals surface area contributed by atoms with Crippen LogP contribution in [0, 0.1) is 0 Å². The zero-order chi connectivity index (χ0) is 11.6. The molecular weight excluding hydrogens is 264 g/mol. The van der Waals surface area contributed by atoms with E-state index in [2.05, 4.69) is 5.32 Å². The van der Waals surface area contributed by atoms with E-state index in [-0.39, 0.29) is 23.7 Å². The van der Waals surface area contributed by atoms with Crippen LogP contribution in [0.5, 0.6) is 0 Å². The van der Waals surface area contributed by atoms with Gasteiger partial charge in [0.05, 0.1) is 11.9 Å². The zero-order valence-corrected chi connectivity index (χ0v) is 11.7. The quantitative estimate of drug-likeness (QED) is 0.788. The van der Waals surface area contributed by atoms with Crippen molar-refractivity contribution in [3.63, 3.8) is 0 Å². The van der Waals surface area contributed by atoms with Gasteiger partial charge in [-0.15, -0.1) is 12.4 Å². The smallest absolute Gasteiger partial charge is 0.219 e. The second kappa shape index (κ2) is 6.33. The van der Waals surface area contributed by atoms with E-state index >= 15 is 0 Å². The van der Waals surface area contributed by atoms with Gasteiger partial charge in [0, 0.05) is 32.3 Å². The van der Waals surface area contributed by atoms with Crippen LogP contribution in [-0.4, -0.2) is 56.9 Å². The van der Waals surface area contributed by atoms with Crippen LogP contribution >= 0.6 is 12.4 Å². The fourth-order valence-corrected chi connectivity index (χ4v) is 4.38. The van der Waals surface area contributed by atoms with Gasteiger partial charge in [-0.2, -0.15) is 4.31 Å². The summed E-state index contributed by atoms with van der Waals surface area (Å²) in [6, 6.07) is 0.0562. The van der Waals surface area contributed by atoms with E-state index in [1.165, 1.54) is 0 Å². The summed E-state index contributed by atoms with van der Waals surface area (Å²) in [5.41, 5.74) is 0. The summed E-state index contributed by atoms with van der Waals surface area (Å²) in [6.45, 7) is 5.08. The zero-order valence-electron chi connectivity index (χ0n) is 10.1. The molecule has 1 N–H and O–H groups in total. The molecule has 0 aromatic rings. The van der Waals surface area contributed by atoms with Gasteiger partial charge in [0.15, 0.2) is 0 Å². The summed E-state index contributed by atoms with van der Waals surface area (Å²) in [6.07, 6.45) is 1.59. The molecule has 2 unspecified atom stereocenters. The first kappa shape index (κ1) is 15.2. The fraction of sp³-hybridized carbons (Fsp3) is 1.00. The largest absolute Gasteiger partial charge is 0.380 e. The Hall–Kier alpha value is 0.120. The third kappa shape index (κ3) is 3.32. The number of piperazine rings is 1. The Balaban J connectivity index is 0.00000144. The molecule has 5 nitrogen and oxygen atoms in total. The van der Waals surface area contributed by atoms with Crippen LogP contribution in [0.25, 0.3) is 0 Å². The van der Waals surface area contributed by atoms with Crippen LogP contribution in [-0.2, 0) is 14.8 Å². The summed E-state index contributed by atoms with van der Waals surface area (Å²) < 4.78 is 31.7. The van der Waals surface area contributed by atoms with E-state index in [0.717, 1.165) is 25.9 Å². The SMILES string of the molecule is CC1CNCCN1S(=O)(=O)C1CCCOC1.Cl. The summed E-state index contributed by atoms with van der Waals surface area (Å²) in [5.74, 6) is 0. The lowest BCUT2D eigenvalue weighted by Gasteiger charge is -2.36. The number of nitrogens with zero attached hydrogens (tertiary/aromatic N) is 1. The van der Waals surface area contributed by atoms with Crippen LogP contribution in [0.15, 0.2) is 0 Å². The Morgan fingerprint density at radius 3 is 2.76 bits per heavy atom. The molecule has 0 amide bonds. The Morgan fingerprint density at radius 2 is 2.18 bits per heavy atom. The molecule has 2 atom stereocenters. The number of sulfonamides is 1. The van der Waals surface area contributed by atoms with Crippen molar-refractivity contribution in [2.45, 2.75) is 31.1 Å². The number of halogens is 1. The predicted octanol–water partition coefficient (Wildman–Crippen LogP) is 0.211. The number of hydrogen-bond acceptors (Lipinski definition) is 4. The molecule has 0 bridgehead atoms. The highest BCUT2D eigenvalue weighted by Gasteiger charge is 2.36. The van der Waals surface area contributed by atoms with Gasteiger partial charge in [-0.1, -0.05) is 0 Å². The van der Waals surface area contributed by atoms with Gasteiger partial charge in [0.25, 0.3) is 0 Å². The van der Waals surface area contributed by atoms with Gasteiger partial charge in [0.2, 0.25) is 10.0 Å². The van der Waals surface area contributed by atoms with Crippen molar-refractivity contribution < 1.29 is 13.2 Å². The summed E-state index contributed by atoms with van der Waals surface area (Å²) in [5, 5.41) is 2.87. The van der Waals surface area contributed by atoms with Crippen LogP contribution in [0.2, 0.25) is 0 Å². The molecule has 0 saturated carbocycles. The maximum atomic E-state index is 12.4. The van der Waals surface area contributed by atoms with Crippen molar-refractivity contribution in [1.29, 1.82) is 0 Å². The maximum absolute atomic E-state index is 12.4. The van der Waals surface area contributed by atoms with Gasteiger partial charge in [-0.25, -0.2) is 8.42 Å². The molecule has 2 rings (SSSR count). The first-order valence-corrected chi connectivity index (χ1v) is 7.42. The van der Waals surface area contributed by atoms with Gasteiger partial charge >= 0.3 is 0 Å². The minimum atomic E-state index is -3.17. The maximum Gasteiger partial charge on any atom is 0.219 e. The molecule has 17 heavy (non-hydrogen) atoms. The Kier molecular flexibility index (Phi) is 5.66. The van der Waals surface area contributed by atoms with Crippen molar-refractivity contribution in [3.8, 4) is 0 Å². The molecule has 0 spiro atoms.